The highest BCUT2D eigenvalue weighted by Gasteiger charge is 2.12. The van der Waals surface area contributed by atoms with Gasteiger partial charge in [-0.3, -0.25) is 0 Å². The van der Waals surface area contributed by atoms with Crippen LogP contribution in [0.1, 0.15) is 142 Å². The Morgan fingerprint density at radius 1 is 0.365 bits per heavy atom. The summed E-state index contributed by atoms with van der Waals surface area (Å²) in [4.78, 5) is 10.5. The van der Waals surface area contributed by atoms with Crippen LogP contribution in [0.4, 0.5) is 0 Å². The van der Waals surface area contributed by atoms with Crippen LogP contribution in [0.2, 0.25) is 0 Å². The quantitative estimate of drug-likeness (QED) is 0.0284. The van der Waals surface area contributed by atoms with E-state index < -0.39 is 12.2 Å². The van der Waals surface area contributed by atoms with Crippen molar-refractivity contribution in [3.8, 4) is 0 Å². The largest absolute Gasteiger partial charge is 0.394 e. The van der Waals surface area contributed by atoms with E-state index in [2.05, 4.69) is 111 Å². The number of unbranched alkanes of at least 4 members (excludes halogenated alkanes) is 10. The molecule has 0 spiro atoms. The van der Waals surface area contributed by atoms with Gasteiger partial charge in [0.15, 0.2) is 0 Å². The van der Waals surface area contributed by atoms with E-state index in [4.69, 9.17) is 19.2 Å². The number of aliphatic hydroxyl groups excluding tert-OH is 2. The highest BCUT2D eigenvalue weighted by Crippen LogP contribution is 2.06. The third-order valence-corrected chi connectivity index (χ3v) is 8.15. The van der Waals surface area contributed by atoms with Crippen LogP contribution in [-0.2, 0) is 19.2 Å². The molecule has 0 bridgehead atoms. The molecule has 0 aromatic heterocycles. The fourth-order valence-corrected chi connectivity index (χ4v) is 4.91. The summed E-state index contributed by atoms with van der Waals surface area (Å²) in [5, 5.41) is 19.2. The Kier molecular flexibility index (Phi) is 42.8. The Bertz CT molecular complexity index is 869. The second-order valence-electron chi connectivity index (χ2n) is 13.1. The lowest BCUT2D eigenvalue weighted by Gasteiger charge is -2.17. The monoisotopic (exact) mass is 727 g/mol. The molecule has 0 aliphatic rings. The molecule has 0 amide bonds. The van der Waals surface area contributed by atoms with Crippen LogP contribution in [-0.4, -0.2) is 62.1 Å². The highest BCUT2D eigenvalue weighted by atomic mass is 17.2. The Balaban J connectivity index is 3.70. The van der Waals surface area contributed by atoms with Crippen LogP contribution >= 0.6 is 0 Å². The SMILES string of the molecule is CCCCC/C=C\C/C=C\C/C=C\C/C=C\CCCCOC(CO)COOCC(CO)OCCCC/C=C\C/C=C\C/C=C\C/C=C\CCCCC. The summed E-state index contributed by atoms with van der Waals surface area (Å²) >= 11 is 0. The molecule has 0 rings (SSSR count). The maximum absolute atomic E-state index is 9.60. The number of hydrogen-bond donors (Lipinski definition) is 2. The zero-order chi connectivity index (χ0) is 37.7. The molecular formula is C46H78O6. The molecule has 298 valence electrons. The number of allylic oxidation sites excluding steroid dienone is 16. The highest BCUT2D eigenvalue weighted by molar-refractivity contribution is 5.00. The first kappa shape index (κ1) is 49.7. The summed E-state index contributed by atoms with van der Waals surface area (Å²) in [6.45, 7) is 5.58. The molecule has 0 fully saturated rings. The fraction of sp³-hybridized carbons (Fsp3) is 0.652. The van der Waals surface area contributed by atoms with E-state index in [9.17, 15) is 10.2 Å². The van der Waals surface area contributed by atoms with Gasteiger partial charge >= 0.3 is 0 Å². The third kappa shape index (κ3) is 40.5. The lowest BCUT2D eigenvalue weighted by molar-refractivity contribution is -0.321. The molecule has 0 radical (unpaired) electrons. The lowest BCUT2D eigenvalue weighted by atomic mass is 10.2. The molecule has 0 aromatic rings. The maximum atomic E-state index is 9.60. The van der Waals surface area contributed by atoms with Gasteiger partial charge in [0.2, 0.25) is 0 Å². The van der Waals surface area contributed by atoms with Gasteiger partial charge in [-0.25, -0.2) is 9.78 Å². The van der Waals surface area contributed by atoms with Gasteiger partial charge in [-0.05, 0) is 103 Å². The van der Waals surface area contributed by atoms with Gasteiger partial charge in [0.1, 0.15) is 25.4 Å². The minimum Gasteiger partial charge on any atom is -0.394 e. The van der Waals surface area contributed by atoms with Crippen LogP contribution in [0, 0.1) is 0 Å². The van der Waals surface area contributed by atoms with Crippen molar-refractivity contribution < 1.29 is 29.5 Å². The van der Waals surface area contributed by atoms with Crippen molar-refractivity contribution in [1.82, 2.24) is 0 Å². The number of rotatable bonds is 39. The average molecular weight is 727 g/mol. The summed E-state index contributed by atoms with van der Waals surface area (Å²) in [5.74, 6) is 0. The molecule has 0 heterocycles. The summed E-state index contributed by atoms with van der Waals surface area (Å²) in [5.41, 5.74) is 0. The lowest BCUT2D eigenvalue weighted by Crippen LogP contribution is -2.28. The van der Waals surface area contributed by atoms with Crippen LogP contribution in [0.3, 0.4) is 0 Å². The van der Waals surface area contributed by atoms with Gasteiger partial charge in [0.05, 0.1) is 13.2 Å². The first-order valence-electron chi connectivity index (χ1n) is 20.7. The Hall–Kier alpha value is -2.32. The smallest absolute Gasteiger partial charge is 0.111 e. The van der Waals surface area contributed by atoms with E-state index >= 15 is 0 Å². The molecule has 52 heavy (non-hydrogen) atoms. The zero-order valence-corrected chi connectivity index (χ0v) is 33.3. The molecule has 6 nitrogen and oxygen atoms in total. The van der Waals surface area contributed by atoms with Crippen molar-refractivity contribution in [3.63, 3.8) is 0 Å². The summed E-state index contributed by atoms with van der Waals surface area (Å²) < 4.78 is 11.5. The van der Waals surface area contributed by atoms with Crippen molar-refractivity contribution >= 4 is 0 Å². The standard InChI is InChI=1S/C46H78O6/c1-3-5-7-9-11-13-15-17-19-21-23-25-27-29-31-33-35-37-39-49-45(41-47)43-51-52-44-46(42-48)50-40-38-36-34-32-30-28-26-24-22-20-18-16-14-12-10-8-6-4-2/h11-14,17-20,23-26,29-32,45-48H,3-10,15-16,21-22,27-28,33-44H2,1-2H3/b13-11-,14-12-,19-17-,20-18-,25-23-,26-24-,31-29-,32-30-. The van der Waals surface area contributed by atoms with Crippen LogP contribution in [0.15, 0.2) is 97.2 Å². The van der Waals surface area contributed by atoms with Crippen molar-refractivity contribution in [2.45, 2.75) is 154 Å². The van der Waals surface area contributed by atoms with E-state index in [1.807, 2.05) is 0 Å². The molecule has 2 unspecified atom stereocenters. The van der Waals surface area contributed by atoms with Gasteiger partial charge in [0, 0.05) is 13.2 Å². The molecule has 0 saturated carbocycles. The van der Waals surface area contributed by atoms with E-state index in [0.717, 1.165) is 77.0 Å². The van der Waals surface area contributed by atoms with Crippen molar-refractivity contribution in [2.24, 2.45) is 0 Å². The minimum atomic E-state index is -0.442. The first-order valence-corrected chi connectivity index (χ1v) is 20.7. The molecule has 2 atom stereocenters. The molecule has 2 N–H and O–H groups in total. The summed E-state index contributed by atoms with van der Waals surface area (Å²) in [6, 6.07) is 0. The van der Waals surface area contributed by atoms with Gasteiger partial charge in [-0.2, -0.15) is 0 Å². The van der Waals surface area contributed by atoms with E-state index in [1.165, 1.54) is 51.4 Å². The molecule has 0 aliphatic heterocycles. The summed E-state index contributed by atoms with van der Waals surface area (Å²) in [7, 11) is 0. The number of aliphatic hydroxyl groups is 2. The number of hydrogen-bond acceptors (Lipinski definition) is 6. The summed E-state index contributed by atoms with van der Waals surface area (Å²) in [6.07, 6.45) is 57.0. The first-order chi connectivity index (χ1) is 25.8. The molecule has 6 heteroatoms. The molecule has 0 aliphatic carbocycles. The topological polar surface area (TPSA) is 77.4 Å². The van der Waals surface area contributed by atoms with Gasteiger partial charge in [-0.15, -0.1) is 0 Å². The normalized spacial score (nSPS) is 14.2. The molecule has 0 aromatic carbocycles. The molecular weight excluding hydrogens is 648 g/mol. The second kappa shape index (κ2) is 44.8. The Morgan fingerprint density at radius 2 is 0.635 bits per heavy atom. The van der Waals surface area contributed by atoms with E-state index in [-0.39, 0.29) is 26.4 Å². The second-order valence-corrected chi connectivity index (χ2v) is 13.1. The van der Waals surface area contributed by atoms with Gasteiger partial charge < -0.3 is 19.7 Å². The van der Waals surface area contributed by atoms with E-state index in [0.29, 0.717) is 13.2 Å². The Labute approximate surface area is 320 Å². The van der Waals surface area contributed by atoms with Gasteiger partial charge in [0.25, 0.3) is 0 Å². The van der Waals surface area contributed by atoms with Crippen LogP contribution in [0.5, 0.6) is 0 Å². The fourth-order valence-electron chi connectivity index (χ4n) is 4.91. The molecule has 0 saturated heterocycles. The number of ether oxygens (including phenoxy) is 2. The van der Waals surface area contributed by atoms with Crippen molar-refractivity contribution in [2.75, 3.05) is 39.6 Å². The van der Waals surface area contributed by atoms with Gasteiger partial charge in [-0.1, -0.05) is 137 Å². The Morgan fingerprint density at radius 3 is 0.904 bits per heavy atom. The minimum absolute atomic E-state index is 0.126. The predicted octanol–water partition coefficient (Wildman–Crippen LogP) is 12.0. The third-order valence-electron chi connectivity index (χ3n) is 8.15. The van der Waals surface area contributed by atoms with Crippen molar-refractivity contribution in [3.05, 3.63) is 97.2 Å². The van der Waals surface area contributed by atoms with E-state index in [1.54, 1.807) is 0 Å². The zero-order valence-electron chi connectivity index (χ0n) is 33.3. The van der Waals surface area contributed by atoms with Crippen LogP contribution < -0.4 is 0 Å². The average Bonchev–Trinajstić information content (AvgIpc) is 3.16. The van der Waals surface area contributed by atoms with Crippen molar-refractivity contribution in [1.29, 1.82) is 0 Å². The predicted molar refractivity (Wildman–Crippen MR) is 222 cm³/mol. The van der Waals surface area contributed by atoms with Crippen LogP contribution in [0.25, 0.3) is 0 Å². The maximum Gasteiger partial charge on any atom is 0.111 e.